The maximum atomic E-state index is 11.5. The molecule has 0 atom stereocenters. The van der Waals surface area contributed by atoms with Crippen molar-refractivity contribution in [3.05, 3.63) is 50.7 Å². The molecule has 0 aliphatic heterocycles. The second-order valence-corrected chi connectivity index (χ2v) is 3.63. The maximum Gasteiger partial charge on any atom is 0.326 e. The number of hydrogen-bond donors (Lipinski definition) is 3. The van der Waals surface area contributed by atoms with Crippen molar-refractivity contribution in [1.82, 2.24) is 9.97 Å². The van der Waals surface area contributed by atoms with E-state index in [1.165, 1.54) is 0 Å². The molecule has 0 spiro atoms. The van der Waals surface area contributed by atoms with E-state index in [1.54, 1.807) is 18.2 Å². The number of rotatable bonds is 3. The predicted molar refractivity (Wildman–Crippen MR) is 65.9 cm³/mol. The van der Waals surface area contributed by atoms with Gasteiger partial charge in [0.2, 0.25) is 0 Å². The van der Waals surface area contributed by atoms with Gasteiger partial charge in [-0.05, 0) is 24.1 Å². The van der Waals surface area contributed by atoms with Gasteiger partial charge in [-0.2, -0.15) is 0 Å². The summed E-state index contributed by atoms with van der Waals surface area (Å²) in [5, 5.41) is 9.09. The molecule has 1 heterocycles. The minimum atomic E-state index is -0.508. The number of hydrogen-bond acceptors (Lipinski definition) is 3. The number of aliphatic hydroxyl groups is 1. The minimum Gasteiger partial charge on any atom is -0.396 e. The van der Waals surface area contributed by atoms with Crippen LogP contribution in [0, 0.1) is 0 Å². The minimum absolute atomic E-state index is 0.0952. The van der Waals surface area contributed by atoms with Crippen molar-refractivity contribution in [2.45, 2.75) is 6.42 Å². The largest absolute Gasteiger partial charge is 0.396 e. The van der Waals surface area contributed by atoms with Crippen molar-refractivity contribution in [3.8, 4) is 0 Å². The Labute approximate surface area is 96.4 Å². The summed E-state index contributed by atoms with van der Waals surface area (Å²) < 4.78 is 0. The van der Waals surface area contributed by atoms with Crippen LogP contribution in [0.3, 0.4) is 0 Å². The molecule has 2 aromatic rings. The van der Waals surface area contributed by atoms with E-state index in [1.807, 2.05) is 12.2 Å². The van der Waals surface area contributed by atoms with Gasteiger partial charge in [0, 0.05) is 6.61 Å². The zero-order chi connectivity index (χ0) is 12.3. The van der Waals surface area contributed by atoms with E-state index in [2.05, 4.69) is 9.97 Å². The summed E-state index contributed by atoms with van der Waals surface area (Å²) in [6.07, 6.45) is 4.21. The predicted octanol–water partition coefficient (Wildman–Crippen LogP) is 0.612. The van der Waals surface area contributed by atoms with Crippen LogP contribution in [-0.4, -0.2) is 21.7 Å². The Morgan fingerprint density at radius 3 is 2.82 bits per heavy atom. The molecule has 88 valence electrons. The number of fused-ring (bicyclic) bond motifs is 1. The second-order valence-electron chi connectivity index (χ2n) is 3.63. The Morgan fingerprint density at radius 1 is 1.24 bits per heavy atom. The highest BCUT2D eigenvalue weighted by molar-refractivity contribution is 5.80. The van der Waals surface area contributed by atoms with Crippen molar-refractivity contribution in [2.75, 3.05) is 6.61 Å². The number of aromatic amines is 2. The molecule has 2 rings (SSSR count). The maximum absolute atomic E-state index is 11.5. The molecular weight excluding hydrogens is 220 g/mol. The standard InChI is InChI=1S/C12H12N2O3/c15-6-2-1-3-8-4-5-10-9(7-8)11(16)14-12(17)13-10/h1,3-5,7,15H,2,6H2,(H2,13,14,16,17). The lowest BCUT2D eigenvalue weighted by Gasteiger charge is -1.98. The summed E-state index contributed by atoms with van der Waals surface area (Å²) in [5.41, 5.74) is 0.453. The molecule has 0 aliphatic carbocycles. The van der Waals surface area contributed by atoms with Gasteiger partial charge < -0.3 is 10.1 Å². The Kier molecular flexibility index (Phi) is 3.20. The van der Waals surface area contributed by atoms with Crippen LogP contribution in [0.5, 0.6) is 0 Å². The van der Waals surface area contributed by atoms with E-state index in [9.17, 15) is 9.59 Å². The lowest BCUT2D eigenvalue weighted by molar-refractivity contribution is 0.303. The van der Waals surface area contributed by atoms with Gasteiger partial charge in [-0.15, -0.1) is 0 Å². The summed E-state index contributed by atoms with van der Waals surface area (Å²) >= 11 is 0. The van der Waals surface area contributed by atoms with Crippen LogP contribution < -0.4 is 11.2 Å². The highest BCUT2D eigenvalue weighted by atomic mass is 16.2. The van der Waals surface area contributed by atoms with Gasteiger partial charge in [-0.1, -0.05) is 18.2 Å². The van der Waals surface area contributed by atoms with E-state index < -0.39 is 11.2 Å². The number of benzene rings is 1. The molecule has 5 heteroatoms. The Bertz CT molecular complexity index is 667. The molecule has 3 N–H and O–H groups in total. The van der Waals surface area contributed by atoms with Crippen LogP contribution >= 0.6 is 0 Å². The zero-order valence-corrected chi connectivity index (χ0v) is 9.06. The van der Waals surface area contributed by atoms with E-state index in [4.69, 9.17) is 5.11 Å². The summed E-state index contributed by atoms with van der Waals surface area (Å²) in [5.74, 6) is 0. The van der Waals surface area contributed by atoms with E-state index in [0.29, 0.717) is 17.3 Å². The normalized spacial score (nSPS) is 11.4. The number of aliphatic hydroxyl groups excluding tert-OH is 1. The average Bonchev–Trinajstić information content (AvgIpc) is 2.30. The highest BCUT2D eigenvalue weighted by Gasteiger charge is 2.00. The zero-order valence-electron chi connectivity index (χ0n) is 9.06. The van der Waals surface area contributed by atoms with Crippen molar-refractivity contribution in [3.63, 3.8) is 0 Å². The van der Waals surface area contributed by atoms with Gasteiger partial charge >= 0.3 is 5.69 Å². The van der Waals surface area contributed by atoms with Crippen LogP contribution in [0.25, 0.3) is 17.0 Å². The van der Waals surface area contributed by atoms with Crippen LogP contribution in [0.4, 0.5) is 0 Å². The fraction of sp³-hybridized carbons (Fsp3) is 0.167. The molecule has 0 radical (unpaired) electrons. The van der Waals surface area contributed by atoms with E-state index in [-0.39, 0.29) is 6.61 Å². The molecule has 0 unspecified atom stereocenters. The molecule has 0 bridgehead atoms. The van der Waals surface area contributed by atoms with Crippen molar-refractivity contribution in [1.29, 1.82) is 0 Å². The summed E-state index contributed by atoms with van der Waals surface area (Å²) in [7, 11) is 0. The fourth-order valence-corrected chi connectivity index (χ4v) is 1.58. The average molecular weight is 232 g/mol. The first kappa shape index (κ1) is 11.3. The molecule has 17 heavy (non-hydrogen) atoms. The van der Waals surface area contributed by atoms with Gasteiger partial charge in [-0.3, -0.25) is 9.78 Å². The Balaban J connectivity index is 2.51. The molecule has 1 aromatic carbocycles. The van der Waals surface area contributed by atoms with Gasteiger partial charge in [-0.25, -0.2) is 4.79 Å². The lowest BCUT2D eigenvalue weighted by Crippen LogP contribution is -2.21. The third kappa shape index (κ3) is 2.51. The monoisotopic (exact) mass is 232 g/mol. The van der Waals surface area contributed by atoms with Crippen LogP contribution in [0.1, 0.15) is 12.0 Å². The third-order valence-electron chi connectivity index (χ3n) is 2.37. The third-order valence-corrected chi connectivity index (χ3v) is 2.37. The van der Waals surface area contributed by atoms with E-state index in [0.717, 1.165) is 5.56 Å². The van der Waals surface area contributed by atoms with Gasteiger partial charge in [0.15, 0.2) is 0 Å². The van der Waals surface area contributed by atoms with Crippen LogP contribution in [0.15, 0.2) is 33.9 Å². The van der Waals surface area contributed by atoms with Gasteiger partial charge in [0.1, 0.15) is 0 Å². The van der Waals surface area contributed by atoms with Crippen LogP contribution in [-0.2, 0) is 0 Å². The molecule has 1 aromatic heterocycles. The van der Waals surface area contributed by atoms with Crippen molar-refractivity contribution in [2.24, 2.45) is 0 Å². The first-order valence-corrected chi connectivity index (χ1v) is 5.24. The Hall–Kier alpha value is -2.14. The topological polar surface area (TPSA) is 85.9 Å². The molecule has 0 saturated heterocycles. The quantitative estimate of drug-likeness (QED) is 0.724. The van der Waals surface area contributed by atoms with Crippen molar-refractivity contribution >= 4 is 17.0 Å². The summed E-state index contributed by atoms with van der Waals surface area (Å²) in [4.78, 5) is 27.3. The first-order chi connectivity index (χ1) is 8.20. The molecule has 0 saturated carbocycles. The van der Waals surface area contributed by atoms with Gasteiger partial charge in [0.05, 0.1) is 10.9 Å². The van der Waals surface area contributed by atoms with Crippen molar-refractivity contribution < 1.29 is 5.11 Å². The summed E-state index contributed by atoms with van der Waals surface area (Å²) in [6, 6.07) is 5.17. The molecule has 0 aliphatic rings. The summed E-state index contributed by atoms with van der Waals surface area (Å²) in [6.45, 7) is 0.0952. The molecular formula is C12H12N2O3. The second kappa shape index (κ2) is 4.80. The molecule has 0 fully saturated rings. The first-order valence-electron chi connectivity index (χ1n) is 5.24. The fourth-order valence-electron chi connectivity index (χ4n) is 1.58. The number of H-pyrrole nitrogens is 2. The Morgan fingerprint density at radius 2 is 2.06 bits per heavy atom. The molecule has 0 amide bonds. The van der Waals surface area contributed by atoms with Gasteiger partial charge in [0.25, 0.3) is 5.56 Å². The van der Waals surface area contributed by atoms with Crippen LogP contribution in [0.2, 0.25) is 0 Å². The van der Waals surface area contributed by atoms with E-state index >= 15 is 0 Å². The molecule has 5 nitrogen and oxygen atoms in total. The smallest absolute Gasteiger partial charge is 0.326 e. The number of aromatic nitrogens is 2. The highest BCUT2D eigenvalue weighted by Crippen LogP contribution is 2.10. The number of nitrogens with one attached hydrogen (secondary N) is 2. The lowest BCUT2D eigenvalue weighted by atomic mass is 10.1. The SMILES string of the molecule is O=c1[nH]c(=O)c2cc(C=CCCO)ccc2[nH]1.